The van der Waals surface area contributed by atoms with E-state index >= 15 is 0 Å². The molecule has 0 aromatic carbocycles. The summed E-state index contributed by atoms with van der Waals surface area (Å²) in [5.74, 6) is 0.650. The van der Waals surface area contributed by atoms with Gasteiger partial charge in [-0.05, 0) is 12.1 Å². The molecule has 1 aromatic heterocycles. The van der Waals surface area contributed by atoms with E-state index in [0.717, 1.165) is 0 Å². The average Bonchev–Trinajstić information content (AvgIpc) is 2.36. The largest absolute Gasteiger partial charge is 0.390 e. The molecule has 0 saturated carbocycles. The number of nitrogens with zero attached hydrogens (tertiary/aromatic N) is 1. The number of halogens is 1. The van der Waals surface area contributed by atoms with Gasteiger partial charge in [0.2, 0.25) is 0 Å². The van der Waals surface area contributed by atoms with Gasteiger partial charge in [0.1, 0.15) is 5.82 Å². The minimum absolute atomic E-state index is 0.0462. The lowest BCUT2D eigenvalue weighted by molar-refractivity contribution is 0.0365. The minimum Gasteiger partial charge on any atom is -0.390 e. The van der Waals surface area contributed by atoms with Crippen molar-refractivity contribution in [3.05, 3.63) is 22.8 Å². The van der Waals surface area contributed by atoms with Gasteiger partial charge in [-0.1, -0.05) is 11.6 Å². The van der Waals surface area contributed by atoms with Crippen molar-refractivity contribution in [3.63, 3.8) is 0 Å². The topological polar surface area (TPSA) is 63.6 Å². The Bertz CT molecular complexity index is 349. The zero-order valence-corrected chi connectivity index (χ0v) is 10.7. The summed E-state index contributed by atoms with van der Waals surface area (Å²) in [5.41, 5.74) is 0.456. The highest BCUT2D eigenvalue weighted by molar-refractivity contribution is 6.31. The molecule has 17 heavy (non-hydrogen) atoms. The number of nitrogens with one attached hydrogen (secondary N) is 1. The van der Waals surface area contributed by atoms with Gasteiger partial charge in [-0.15, -0.1) is 0 Å². The van der Waals surface area contributed by atoms with Crippen molar-refractivity contribution in [1.29, 1.82) is 0 Å². The van der Waals surface area contributed by atoms with Crippen LogP contribution < -0.4 is 5.32 Å². The molecule has 0 amide bonds. The summed E-state index contributed by atoms with van der Waals surface area (Å²) in [6.45, 7) is 0.897. The van der Waals surface area contributed by atoms with Crippen LogP contribution in [0.25, 0.3) is 0 Å². The lowest BCUT2D eigenvalue weighted by atomic mass is 10.3. The number of rotatable bonds is 7. The maximum absolute atomic E-state index is 9.03. The maximum atomic E-state index is 9.03. The van der Waals surface area contributed by atoms with Gasteiger partial charge in [-0.2, -0.15) is 0 Å². The van der Waals surface area contributed by atoms with Crippen molar-refractivity contribution >= 4 is 17.4 Å². The van der Waals surface area contributed by atoms with Gasteiger partial charge >= 0.3 is 0 Å². The van der Waals surface area contributed by atoms with Crippen LogP contribution in [0.3, 0.4) is 0 Å². The maximum Gasteiger partial charge on any atom is 0.126 e. The van der Waals surface area contributed by atoms with E-state index in [1.165, 1.54) is 0 Å². The molecular formula is C11H17ClN2O3. The van der Waals surface area contributed by atoms with Crippen LogP contribution in [0.2, 0.25) is 5.02 Å². The summed E-state index contributed by atoms with van der Waals surface area (Å²) >= 11 is 5.84. The fourth-order valence-corrected chi connectivity index (χ4v) is 1.47. The van der Waals surface area contributed by atoms with E-state index in [9.17, 15) is 0 Å². The smallest absolute Gasteiger partial charge is 0.126 e. The Balaban J connectivity index is 2.56. The first kappa shape index (κ1) is 14.2. The number of ether oxygens (including phenoxy) is 2. The highest BCUT2D eigenvalue weighted by Crippen LogP contribution is 2.16. The minimum atomic E-state index is -0.180. The van der Waals surface area contributed by atoms with Crippen molar-refractivity contribution in [3.8, 4) is 0 Å². The van der Waals surface area contributed by atoms with E-state index in [4.69, 9.17) is 26.2 Å². The van der Waals surface area contributed by atoms with Crippen LogP contribution in [0.5, 0.6) is 0 Å². The monoisotopic (exact) mass is 260 g/mol. The molecule has 1 aromatic rings. The summed E-state index contributed by atoms with van der Waals surface area (Å²) in [7, 11) is 3.25. The Kier molecular flexibility index (Phi) is 6.21. The Morgan fingerprint density at radius 2 is 2.24 bits per heavy atom. The summed E-state index contributed by atoms with van der Waals surface area (Å²) in [4.78, 5) is 4.17. The number of aromatic nitrogens is 1. The average molecular weight is 261 g/mol. The number of aliphatic hydroxyl groups excluding tert-OH is 1. The first-order valence-corrected chi connectivity index (χ1v) is 5.61. The van der Waals surface area contributed by atoms with Crippen molar-refractivity contribution in [2.75, 3.05) is 32.7 Å². The van der Waals surface area contributed by atoms with Gasteiger partial charge in [0.15, 0.2) is 0 Å². The van der Waals surface area contributed by atoms with Crippen molar-refractivity contribution in [2.45, 2.75) is 12.7 Å². The molecule has 1 unspecified atom stereocenters. The fourth-order valence-electron chi connectivity index (χ4n) is 1.31. The predicted molar refractivity (Wildman–Crippen MR) is 66.3 cm³/mol. The quantitative estimate of drug-likeness (QED) is 0.774. The van der Waals surface area contributed by atoms with E-state index in [-0.39, 0.29) is 12.7 Å². The lowest BCUT2D eigenvalue weighted by Gasteiger charge is -2.15. The zero-order valence-electron chi connectivity index (χ0n) is 9.94. The number of pyridine rings is 1. The van der Waals surface area contributed by atoms with Crippen LogP contribution in [0.15, 0.2) is 12.1 Å². The van der Waals surface area contributed by atoms with Crippen LogP contribution in [0.4, 0.5) is 5.82 Å². The third-order valence-electron chi connectivity index (χ3n) is 2.27. The second kappa shape index (κ2) is 7.45. The summed E-state index contributed by atoms with van der Waals surface area (Å²) in [6.07, 6.45) is -0.0462. The number of hydrogen-bond acceptors (Lipinski definition) is 5. The molecule has 0 aliphatic heterocycles. The van der Waals surface area contributed by atoms with E-state index in [1.54, 1.807) is 26.4 Å². The Labute approximate surface area is 106 Å². The molecule has 0 spiro atoms. The summed E-state index contributed by atoms with van der Waals surface area (Å²) < 4.78 is 10.2. The van der Waals surface area contributed by atoms with Crippen molar-refractivity contribution in [1.82, 2.24) is 4.98 Å². The van der Waals surface area contributed by atoms with Crippen LogP contribution in [0.1, 0.15) is 5.69 Å². The van der Waals surface area contributed by atoms with Crippen molar-refractivity contribution in [2.24, 2.45) is 0 Å². The van der Waals surface area contributed by atoms with Gasteiger partial charge < -0.3 is 19.9 Å². The van der Waals surface area contributed by atoms with Crippen molar-refractivity contribution < 1.29 is 14.6 Å². The normalized spacial score (nSPS) is 12.5. The lowest BCUT2D eigenvalue weighted by Crippen LogP contribution is -2.26. The molecule has 1 heterocycles. The molecule has 0 saturated heterocycles. The number of aliphatic hydroxyl groups is 1. The molecule has 1 atom stereocenters. The molecule has 6 heteroatoms. The Morgan fingerprint density at radius 1 is 1.47 bits per heavy atom. The summed E-state index contributed by atoms with van der Waals surface area (Å²) in [6, 6.07) is 3.45. The highest BCUT2D eigenvalue weighted by atomic mass is 35.5. The first-order valence-electron chi connectivity index (χ1n) is 5.23. The molecule has 0 aliphatic carbocycles. The standard InChI is InChI=1S/C11H17ClN2O3/c1-16-7-8(17-2)5-13-11-4-3-9(12)10(6-15)14-11/h3-4,8,15H,5-7H2,1-2H3,(H,13,14). The van der Waals surface area contributed by atoms with Gasteiger partial charge in [0.25, 0.3) is 0 Å². The third kappa shape index (κ3) is 4.47. The number of anilines is 1. The molecule has 5 nitrogen and oxygen atoms in total. The molecule has 96 valence electrons. The Hall–Kier alpha value is -0.880. The molecular weight excluding hydrogens is 244 g/mol. The number of methoxy groups -OCH3 is 2. The van der Waals surface area contributed by atoms with Gasteiger partial charge in [-0.25, -0.2) is 4.98 Å². The van der Waals surface area contributed by atoms with Gasteiger partial charge in [0.05, 0.1) is 30.0 Å². The molecule has 1 rings (SSSR count). The molecule has 0 bridgehead atoms. The van der Waals surface area contributed by atoms with E-state index in [1.807, 2.05) is 0 Å². The van der Waals surface area contributed by atoms with Crippen LogP contribution >= 0.6 is 11.6 Å². The second-order valence-corrected chi connectivity index (χ2v) is 3.88. The second-order valence-electron chi connectivity index (χ2n) is 3.48. The van der Waals surface area contributed by atoms with Crippen LogP contribution in [-0.2, 0) is 16.1 Å². The van der Waals surface area contributed by atoms with E-state index < -0.39 is 0 Å². The van der Waals surface area contributed by atoms with Crippen LogP contribution in [0, 0.1) is 0 Å². The molecule has 0 fully saturated rings. The predicted octanol–water partition coefficient (Wildman–Crippen LogP) is 1.30. The third-order valence-corrected chi connectivity index (χ3v) is 2.61. The highest BCUT2D eigenvalue weighted by Gasteiger charge is 2.08. The van der Waals surface area contributed by atoms with Gasteiger partial charge in [-0.3, -0.25) is 0 Å². The molecule has 0 radical (unpaired) electrons. The van der Waals surface area contributed by atoms with E-state index in [2.05, 4.69) is 10.3 Å². The molecule has 2 N–H and O–H groups in total. The summed E-state index contributed by atoms with van der Waals surface area (Å²) in [5, 5.41) is 12.6. The number of hydrogen-bond donors (Lipinski definition) is 2. The fraction of sp³-hybridized carbons (Fsp3) is 0.545. The Morgan fingerprint density at radius 3 is 2.82 bits per heavy atom. The van der Waals surface area contributed by atoms with Crippen LogP contribution in [-0.4, -0.2) is 43.6 Å². The molecule has 0 aliphatic rings. The SMILES string of the molecule is COCC(CNc1ccc(Cl)c(CO)n1)OC. The van der Waals surface area contributed by atoms with E-state index in [0.29, 0.717) is 29.7 Å². The zero-order chi connectivity index (χ0) is 12.7. The van der Waals surface area contributed by atoms with Gasteiger partial charge in [0, 0.05) is 20.8 Å². The first-order chi connectivity index (χ1) is 8.21.